The Morgan fingerprint density at radius 2 is 1.83 bits per heavy atom. The number of ether oxygens (including phenoxy) is 1. The zero-order valence-corrected chi connectivity index (χ0v) is 21.7. The number of nitrogens with one attached hydrogen (secondary N) is 2. The van der Waals surface area contributed by atoms with Crippen molar-refractivity contribution in [2.24, 2.45) is 0 Å². The van der Waals surface area contributed by atoms with Crippen molar-refractivity contribution in [1.29, 1.82) is 0 Å². The van der Waals surface area contributed by atoms with Crippen LogP contribution in [0.15, 0.2) is 48.7 Å². The second-order valence-corrected chi connectivity index (χ2v) is 9.95. The first-order valence-electron chi connectivity index (χ1n) is 13.0. The Labute approximate surface area is 232 Å². The highest BCUT2D eigenvalue weighted by atomic mass is 19.4. The SMILES string of the molecule is Nc1nccc(-c2ccc3nc(C4COc5ccc(C(=O)NC6CCCC6)cc5C4)[nH]c3c2)n1.O=C(O)C(F)(F)F. The van der Waals surface area contributed by atoms with Crippen molar-refractivity contribution in [3.8, 4) is 17.0 Å². The van der Waals surface area contributed by atoms with Gasteiger partial charge in [-0.2, -0.15) is 13.2 Å². The molecular formula is C28H27F3N6O4. The highest BCUT2D eigenvalue weighted by Crippen LogP contribution is 2.33. The van der Waals surface area contributed by atoms with Crippen LogP contribution in [0.5, 0.6) is 5.75 Å². The van der Waals surface area contributed by atoms with Gasteiger partial charge in [-0.3, -0.25) is 4.79 Å². The Morgan fingerprint density at radius 3 is 2.54 bits per heavy atom. The summed E-state index contributed by atoms with van der Waals surface area (Å²) >= 11 is 0. The predicted molar refractivity (Wildman–Crippen MR) is 143 cm³/mol. The van der Waals surface area contributed by atoms with Gasteiger partial charge in [-0.05, 0) is 61.2 Å². The highest BCUT2D eigenvalue weighted by Gasteiger charge is 2.38. The number of hydrogen-bond acceptors (Lipinski definition) is 7. The number of carbonyl (C=O) groups is 2. The Morgan fingerprint density at radius 1 is 1.07 bits per heavy atom. The predicted octanol–water partition coefficient (Wildman–Crippen LogP) is 4.63. The van der Waals surface area contributed by atoms with Crippen molar-refractivity contribution in [2.75, 3.05) is 12.3 Å². The standard InChI is InChI=1S/C26H26N6O2.C2HF3O2/c27-26-28-10-9-20(32-26)15-5-7-21-22(13-15)31-24(30-21)18-12-17-11-16(6-8-23(17)34-14-18)25(33)29-19-3-1-2-4-19;3-2(4,5)1(6)7/h5-11,13,18-19H,1-4,12,14H2,(H,29,33)(H,30,31)(H2,27,28,32);(H,6,7). The fourth-order valence-corrected chi connectivity index (χ4v) is 4.97. The van der Waals surface area contributed by atoms with E-state index in [0.717, 1.165) is 58.7 Å². The van der Waals surface area contributed by atoms with Crippen molar-refractivity contribution >= 4 is 28.9 Å². The zero-order chi connectivity index (χ0) is 29.1. The van der Waals surface area contributed by atoms with E-state index in [4.69, 9.17) is 25.4 Å². The van der Waals surface area contributed by atoms with E-state index >= 15 is 0 Å². The molecule has 1 unspecified atom stereocenters. The molecule has 6 rings (SSSR count). The number of H-pyrrole nitrogens is 1. The summed E-state index contributed by atoms with van der Waals surface area (Å²) in [4.78, 5) is 38.2. The van der Waals surface area contributed by atoms with Crippen molar-refractivity contribution in [1.82, 2.24) is 25.3 Å². The molecule has 13 heteroatoms. The Hall–Kier alpha value is -4.68. The third kappa shape index (κ3) is 6.56. The quantitative estimate of drug-likeness (QED) is 0.278. The second-order valence-electron chi connectivity index (χ2n) is 9.95. The minimum atomic E-state index is -5.08. The van der Waals surface area contributed by atoms with Gasteiger partial charge in [-0.15, -0.1) is 0 Å². The number of amides is 1. The number of nitrogens with two attached hydrogens (primary N) is 1. The summed E-state index contributed by atoms with van der Waals surface area (Å²) < 4.78 is 37.8. The number of carboxylic acids is 1. The number of imidazole rings is 1. The molecule has 3 heterocycles. The second kappa shape index (κ2) is 11.4. The molecule has 2 aliphatic rings. The number of carboxylic acid groups (broad SMARTS) is 1. The monoisotopic (exact) mass is 568 g/mol. The molecule has 1 aliphatic heterocycles. The van der Waals surface area contributed by atoms with Gasteiger partial charge in [0.05, 0.1) is 29.3 Å². The highest BCUT2D eigenvalue weighted by molar-refractivity contribution is 5.94. The number of aromatic nitrogens is 4. The smallest absolute Gasteiger partial charge is 0.490 e. The van der Waals surface area contributed by atoms with E-state index in [0.29, 0.717) is 18.2 Å². The largest absolute Gasteiger partial charge is 0.493 e. The molecule has 1 fully saturated rings. The van der Waals surface area contributed by atoms with Gasteiger partial charge in [0.2, 0.25) is 5.95 Å². The zero-order valence-electron chi connectivity index (χ0n) is 21.7. The summed E-state index contributed by atoms with van der Waals surface area (Å²) in [5, 5.41) is 10.3. The Kier molecular flexibility index (Phi) is 7.77. The van der Waals surface area contributed by atoms with Crippen LogP contribution in [0, 0.1) is 0 Å². The number of aliphatic carboxylic acids is 1. The number of hydrogen-bond donors (Lipinski definition) is 4. The number of alkyl halides is 3. The van der Waals surface area contributed by atoms with E-state index in [1.165, 1.54) is 12.8 Å². The van der Waals surface area contributed by atoms with Crippen LogP contribution in [-0.2, 0) is 11.2 Å². The molecule has 10 nitrogen and oxygen atoms in total. The van der Waals surface area contributed by atoms with E-state index in [-0.39, 0.29) is 17.8 Å². The molecule has 2 aromatic carbocycles. The van der Waals surface area contributed by atoms with Crippen LogP contribution in [-0.4, -0.2) is 55.7 Å². The molecular weight excluding hydrogens is 541 g/mol. The van der Waals surface area contributed by atoms with Crippen LogP contribution in [0.25, 0.3) is 22.3 Å². The summed E-state index contributed by atoms with van der Waals surface area (Å²) in [7, 11) is 0. The number of nitrogens with zero attached hydrogens (tertiary/aromatic N) is 3. The lowest BCUT2D eigenvalue weighted by atomic mass is 9.94. The number of nitrogen functional groups attached to an aromatic ring is 1. The van der Waals surface area contributed by atoms with Crippen LogP contribution < -0.4 is 15.8 Å². The molecule has 1 aliphatic carbocycles. The average molecular weight is 569 g/mol. The fraction of sp³-hybridized carbons (Fsp3) is 0.321. The molecule has 0 bridgehead atoms. The van der Waals surface area contributed by atoms with E-state index in [9.17, 15) is 18.0 Å². The maximum atomic E-state index is 12.7. The lowest BCUT2D eigenvalue weighted by Crippen LogP contribution is -2.32. The lowest BCUT2D eigenvalue weighted by Gasteiger charge is -2.24. The first-order valence-corrected chi connectivity index (χ1v) is 13.0. The maximum Gasteiger partial charge on any atom is 0.490 e. The molecule has 1 atom stereocenters. The van der Waals surface area contributed by atoms with Gasteiger partial charge in [-0.25, -0.2) is 19.7 Å². The summed E-state index contributed by atoms with van der Waals surface area (Å²) in [6.45, 7) is 0.537. The van der Waals surface area contributed by atoms with Gasteiger partial charge >= 0.3 is 12.1 Å². The Balaban J connectivity index is 0.000000431. The molecule has 2 aromatic heterocycles. The lowest BCUT2D eigenvalue weighted by molar-refractivity contribution is -0.192. The summed E-state index contributed by atoms with van der Waals surface area (Å²) in [6, 6.07) is 13.8. The topological polar surface area (TPSA) is 156 Å². The fourth-order valence-electron chi connectivity index (χ4n) is 4.97. The van der Waals surface area contributed by atoms with Crippen LogP contribution in [0.1, 0.15) is 53.3 Å². The molecule has 1 amide bonds. The van der Waals surface area contributed by atoms with Crippen molar-refractivity contribution in [3.63, 3.8) is 0 Å². The Bertz CT molecular complexity index is 1580. The maximum absolute atomic E-state index is 12.7. The molecule has 41 heavy (non-hydrogen) atoms. The molecule has 0 radical (unpaired) electrons. The number of carbonyl (C=O) groups excluding carboxylic acids is 1. The molecule has 0 spiro atoms. The minimum Gasteiger partial charge on any atom is -0.493 e. The van der Waals surface area contributed by atoms with Crippen LogP contribution in [0.4, 0.5) is 19.1 Å². The summed E-state index contributed by atoms with van der Waals surface area (Å²) in [6.07, 6.45) is 1.85. The molecule has 5 N–H and O–H groups in total. The number of aromatic amines is 1. The first kappa shape index (κ1) is 27.9. The van der Waals surface area contributed by atoms with Gasteiger partial charge in [0.1, 0.15) is 11.6 Å². The van der Waals surface area contributed by atoms with E-state index < -0.39 is 12.1 Å². The van der Waals surface area contributed by atoms with Crippen LogP contribution in [0.3, 0.4) is 0 Å². The van der Waals surface area contributed by atoms with Crippen LogP contribution >= 0.6 is 0 Å². The summed E-state index contributed by atoms with van der Waals surface area (Å²) in [5.41, 5.74) is 11.0. The van der Waals surface area contributed by atoms with Crippen molar-refractivity contribution in [2.45, 2.75) is 50.2 Å². The van der Waals surface area contributed by atoms with E-state index in [1.807, 2.05) is 42.5 Å². The van der Waals surface area contributed by atoms with E-state index in [1.54, 1.807) is 6.20 Å². The van der Waals surface area contributed by atoms with Crippen molar-refractivity contribution in [3.05, 3.63) is 65.6 Å². The number of halogens is 3. The third-order valence-electron chi connectivity index (χ3n) is 7.02. The molecule has 4 aromatic rings. The first-order chi connectivity index (χ1) is 19.6. The van der Waals surface area contributed by atoms with Gasteiger partial charge in [0.15, 0.2) is 0 Å². The van der Waals surface area contributed by atoms with E-state index in [2.05, 4.69) is 20.3 Å². The molecule has 214 valence electrons. The van der Waals surface area contributed by atoms with Gasteiger partial charge in [0, 0.05) is 23.4 Å². The number of anilines is 1. The van der Waals surface area contributed by atoms with Crippen molar-refractivity contribution < 1.29 is 32.6 Å². The van der Waals surface area contributed by atoms with Gasteiger partial charge in [-0.1, -0.05) is 18.9 Å². The minimum absolute atomic E-state index is 0.00144. The summed E-state index contributed by atoms with van der Waals surface area (Å²) in [5.74, 6) is -0.719. The number of rotatable bonds is 4. The third-order valence-corrected chi connectivity index (χ3v) is 7.02. The molecule has 1 saturated carbocycles. The normalized spacial score (nSPS) is 16.8. The van der Waals surface area contributed by atoms with Crippen LogP contribution in [0.2, 0.25) is 0 Å². The number of fused-ring (bicyclic) bond motifs is 2. The molecule has 0 saturated heterocycles. The van der Waals surface area contributed by atoms with Gasteiger partial charge in [0.25, 0.3) is 5.91 Å². The average Bonchev–Trinajstić information content (AvgIpc) is 3.62. The number of benzene rings is 2. The van der Waals surface area contributed by atoms with Gasteiger partial charge < -0.3 is 25.9 Å².